The first-order valence-electron chi connectivity index (χ1n) is 9.88. The molecule has 0 aliphatic rings. The van der Waals surface area contributed by atoms with Crippen LogP contribution in [0, 0.1) is 0 Å². The Morgan fingerprint density at radius 2 is 1.57 bits per heavy atom. The maximum absolute atomic E-state index is 12.6. The van der Waals surface area contributed by atoms with Gasteiger partial charge in [0.25, 0.3) is 5.91 Å². The van der Waals surface area contributed by atoms with Crippen molar-refractivity contribution in [2.75, 3.05) is 19.4 Å². The van der Waals surface area contributed by atoms with Gasteiger partial charge < -0.3 is 15.0 Å². The Kier molecular flexibility index (Phi) is 7.22. The maximum Gasteiger partial charge on any atom is 0.255 e. The maximum atomic E-state index is 12.6. The van der Waals surface area contributed by atoms with Crippen molar-refractivity contribution in [1.29, 1.82) is 0 Å². The molecular formula is C25H26N2O3. The van der Waals surface area contributed by atoms with Gasteiger partial charge in [-0.15, -0.1) is 0 Å². The number of anilines is 1. The number of nitrogens with one attached hydrogen (secondary N) is 1. The molecule has 0 aliphatic heterocycles. The third-order valence-corrected chi connectivity index (χ3v) is 4.68. The Bertz CT molecular complexity index is 983. The van der Waals surface area contributed by atoms with Crippen molar-refractivity contribution in [3.05, 3.63) is 95.6 Å². The first-order valence-corrected chi connectivity index (χ1v) is 9.88. The summed E-state index contributed by atoms with van der Waals surface area (Å²) in [5.41, 5.74) is 3.36. The van der Waals surface area contributed by atoms with E-state index in [0.717, 1.165) is 11.1 Å². The molecule has 0 atom stereocenters. The predicted molar refractivity (Wildman–Crippen MR) is 119 cm³/mol. The lowest BCUT2D eigenvalue weighted by atomic mass is 10.1. The molecule has 1 N–H and O–H groups in total. The zero-order valence-electron chi connectivity index (χ0n) is 17.3. The summed E-state index contributed by atoms with van der Waals surface area (Å²) in [5.74, 6) is 0.605. The van der Waals surface area contributed by atoms with E-state index in [1.165, 1.54) is 0 Å². The average Bonchev–Trinajstić information content (AvgIpc) is 2.77. The largest absolute Gasteiger partial charge is 0.489 e. The van der Waals surface area contributed by atoms with Crippen LogP contribution in [-0.4, -0.2) is 30.8 Å². The van der Waals surface area contributed by atoms with Crippen LogP contribution in [0.5, 0.6) is 5.75 Å². The molecule has 3 aromatic rings. The van der Waals surface area contributed by atoms with E-state index in [1.54, 1.807) is 43.3 Å². The molecule has 30 heavy (non-hydrogen) atoms. The molecular weight excluding hydrogens is 376 g/mol. The van der Waals surface area contributed by atoms with Gasteiger partial charge in [0, 0.05) is 31.8 Å². The Hall–Kier alpha value is -3.60. The van der Waals surface area contributed by atoms with E-state index in [-0.39, 0.29) is 11.8 Å². The molecule has 3 rings (SSSR count). The molecule has 0 unspecified atom stereocenters. The van der Waals surface area contributed by atoms with Gasteiger partial charge in [-0.3, -0.25) is 9.59 Å². The normalized spacial score (nSPS) is 10.3. The Morgan fingerprint density at radius 1 is 0.867 bits per heavy atom. The van der Waals surface area contributed by atoms with E-state index in [2.05, 4.69) is 5.32 Å². The molecule has 0 spiro atoms. The van der Waals surface area contributed by atoms with Crippen molar-refractivity contribution in [2.45, 2.75) is 19.4 Å². The predicted octanol–water partition coefficient (Wildman–Crippen LogP) is 4.54. The molecule has 0 heterocycles. The minimum absolute atomic E-state index is 0.0824. The number of benzene rings is 3. The zero-order chi connectivity index (χ0) is 21.3. The summed E-state index contributed by atoms with van der Waals surface area (Å²) in [6.45, 7) is 0.482. The number of amides is 2. The summed E-state index contributed by atoms with van der Waals surface area (Å²) in [5, 5.41) is 2.91. The van der Waals surface area contributed by atoms with Crippen LogP contribution >= 0.6 is 0 Å². The summed E-state index contributed by atoms with van der Waals surface area (Å²) in [7, 11) is 3.49. The summed E-state index contributed by atoms with van der Waals surface area (Å²) in [6.07, 6.45) is 1.07. The Morgan fingerprint density at radius 3 is 2.27 bits per heavy atom. The quantitative estimate of drug-likeness (QED) is 0.602. The van der Waals surface area contributed by atoms with Crippen molar-refractivity contribution < 1.29 is 14.3 Å². The second-order valence-corrected chi connectivity index (χ2v) is 7.24. The lowest BCUT2D eigenvalue weighted by Gasteiger charge is -2.11. The smallest absolute Gasteiger partial charge is 0.255 e. The molecule has 0 bridgehead atoms. The first kappa shape index (κ1) is 21.1. The van der Waals surface area contributed by atoms with Gasteiger partial charge in [0.05, 0.1) is 0 Å². The minimum atomic E-state index is -0.189. The molecule has 0 saturated heterocycles. The van der Waals surface area contributed by atoms with Gasteiger partial charge in [0.1, 0.15) is 12.4 Å². The van der Waals surface area contributed by atoms with Crippen LogP contribution in [0.4, 0.5) is 5.69 Å². The van der Waals surface area contributed by atoms with Gasteiger partial charge >= 0.3 is 0 Å². The highest BCUT2D eigenvalue weighted by Gasteiger charge is 2.08. The highest BCUT2D eigenvalue weighted by molar-refractivity contribution is 6.04. The number of ether oxygens (including phenoxy) is 1. The zero-order valence-corrected chi connectivity index (χ0v) is 17.3. The van der Waals surface area contributed by atoms with Gasteiger partial charge in [0.2, 0.25) is 5.91 Å². The summed E-state index contributed by atoms with van der Waals surface area (Å²) < 4.78 is 5.76. The number of carbonyl (C=O) groups excluding carboxylic acids is 2. The fourth-order valence-electron chi connectivity index (χ4n) is 2.93. The monoisotopic (exact) mass is 402 g/mol. The molecule has 0 aliphatic carbocycles. The number of nitrogens with zero attached hydrogens (tertiary/aromatic N) is 1. The molecule has 5 nitrogen and oxygen atoms in total. The van der Waals surface area contributed by atoms with Crippen LogP contribution in [0.25, 0.3) is 0 Å². The minimum Gasteiger partial charge on any atom is -0.489 e. The molecule has 2 amide bonds. The van der Waals surface area contributed by atoms with Gasteiger partial charge in [-0.2, -0.15) is 0 Å². The van der Waals surface area contributed by atoms with Crippen LogP contribution in [0.1, 0.15) is 27.9 Å². The second-order valence-electron chi connectivity index (χ2n) is 7.24. The van der Waals surface area contributed by atoms with Crippen molar-refractivity contribution in [3.8, 4) is 5.75 Å². The topological polar surface area (TPSA) is 58.6 Å². The first-order chi connectivity index (χ1) is 14.5. The van der Waals surface area contributed by atoms with E-state index in [1.807, 2.05) is 54.6 Å². The van der Waals surface area contributed by atoms with Crippen LogP contribution in [-0.2, 0) is 17.8 Å². The Balaban J connectivity index is 1.55. The Labute approximate surface area is 177 Å². The number of carbonyl (C=O) groups is 2. The molecule has 5 heteroatoms. The van der Waals surface area contributed by atoms with E-state index in [9.17, 15) is 9.59 Å². The van der Waals surface area contributed by atoms with Crippen LogP contribution in [0.2, 0.25) is 0 Å². The van der Waals surface area contributed by atoms with Crippen molar-refractivity contribution >= 4 is 17.5 Å². The fourth-order valence-corrected chi connectivity index (χ4v) is 2.93. The van der Waals surface area contributed by atoms with Crippen LogP contribution < -0.4 is 10.1 Å². The molecule has 0 saturated carbocycles. The standard InChI is InChI=1S/C25H26N2O3/c1-27(2)24(28)16-11-19-9-6-10-22(17-19)26-25(29)21-12-14-23(15-13-21)30-18-20-7-4-3-5-8-20/h3-10,12-15,17H,11,16,18H2,1-2H3,(H,26,29). The molecule has 0 aromatic heterocycles. The molecule has 154 valence electrons. The average molecular weight is 402 g/mol. The van der Waals surface area contributed by atoms with Gasteiger partial charge in [-0.1, -0.05) is 42.5 Å². The van der Waals surface area contributed by atoms with E-state index in [4.69, 9.17) is 4.74 Å². The van der Waals surface area contributed by atoms with E-state index < -0.39 is 0 Å². The van der Waals surface area contributed by atoms with Gasteiger partial charge in [-0.25, -0.2) is 0 Å². The number of hydrogen-bond donors (Lipinski definition) is 1. The molecule has 3 aromatic carbocycles. The number of rotatable bonds is 8. The third-order valence-electron chi connectivity index (χ3n) is 4.68. The van der Waals surface area contributed by atoms with Crippen molar-refractivity contribution in [3.63, 3.8) is 0 Å². The van der Waals surface area contributed by atoms with E-state index in [0.29, 0.717) is 36.4 Å². The van der Waals surface area contributed by atoms with E-state index >= 15 is 0 Å². The van der Waals surface area contributed by atoms with Gasteiger partial charge in [-0.05, 0) is 53.9 Å². The molecule has 0 radical (unpaired) electrons. The second kappa shape index (κ2) is 10.3. The fraction of sp³-hybridized carbons (Fsp3) is 0.200. The van der Waals surface area contributed by atoms with Gasteiger partial charge in [0.15, 0.2) is 0 Å². The number of aryl methyl sites for hydroxylation is 1. The lowest BCUT2D eigenvalue weighted by molar-refractivity contribution is -0.128. The highest BCUT2D eigenvalue weighted by atomic mass is 16.5. The molecule has 0 fully saturated rings. The third kappa shape index (κ3) is 6.21. The summed E-state index contributed by atoms with van der Waals surface area (Å²) >= 11 is 0. The SMILES string of the molecule is CN(C)C(=O)CCc1cccc(NC(=O)c2ccc(OCc3ccccc3)cc2)c1. The summed E-state index contributed by atoms with van der Waals surface area (Å²) in [4.78, 5) is 25.9. The summed E-state index contributed by atoms with van der Waals surface area (Å²) in [6, 6.07) is 24.6. The number of hydrogen-bond acceptors (Lipinski definition) is 3. The lowest BCUT2D eigenvalue weighted by Crippen LogP contribution is -2.21. The van der Waals surface area contributed by atoms with Crippen molar-refractivity contribution in [1.82, 2.24) is 4.90 Å². The highest BCUT2D eigenvalue weighted by Crippen LogP contribution is 2.17. The van der Waals surface area contributed by atoms with Crippen LogP contribution in [0.3, 0.4) is 0 Å². The van der Waals surface area contributed by atoms with Crippen LogP contribution in [0.15, 0.2) is 78.9 Å². The van der Waals surface area contributed by atoms with Crippen molar-refractivity contribution in [2.24, 2.45) is 0 Å².